The number of hydrogen-bond acceptors (Lipinski definition) is 2. The monoisotopic (exact) mass is 359 g/mol. The second-order valence-corrected chi connectivity index (χ2v) is 12.4. The molecular formula is C23H25NOSi. The minimum absolute atomic E-state index is 0.0301. The van der Waals surface area contributed by atoms with Crippen LogP contribution in [0.3, 0.4) is 0 Å². The maximum Gasteiger partial charge on any atom is 0.231 e. The largest absolute Gasteiger partial charge is 0.277 e. The van der Waals surface area contributed by atoms with Crippen LogP contribution in [-0.4, -0.2) is 13.0 Å². The van der Waals surface area contributed by atoms with E-state index in [9.17, 15) is 0 Å². The Bertz CT molecular complexity index is 819. The van der Waals surface area contributed by atoms with Gasteiger partial charge in [-0.15, -0.1) is 0 Å². The summed E-state index contributed by atoms with van der Waals surface area (Å²) >= 11 is 0. The van der Waals surface area contributed by atoms with Gasteiger partial charge in [-0.1, -0.05) is 112 Å². The lowest BCUT2D eigenvalue weighted by Gasteiger charge is -2.43. The number of rotatable bonds is 4. The van der Waals surface area contributed by atoms with Gasteiger partial charge in [-0.25, -0.2) is 0 Å². The zero-order valence-electron chi connectivity index (χ0n) is 15.6. The summed E-state index contributed by atoms with van der Waals surface area (Å²) in [4.78, 5) is 6.30. The van der Waals surface area contributed by atoms with E-state index in [1.807, 2.05) is 0 Å². The van der Waals surface area contributed by atoms with Gasteiger partial charge in [0, 0.05) is 0 Å². The number of hydroxylamine groups is 1. The van der Waals surface area contributed by atoms with E-state index in [2.05, 4.69) is 116 Å². The molecule has 1 heterocycles. The first kappa shape index (κ1) is 17.2. The van der Waals surface area contributed by atoms with E-state index in [4.69, 9.17) is 4.84 Å². The van der Waals surface area contributed by atoms with Gasteiger partial charge >= 0.3 is 0 Å². The third kappa shape index (κ3) is 2.73. The molecule has 1 fully saturated rings. The summed E-state index contributed by atoms with van der Waals surface area (Å²) in [6.07, 6.45) is 0.0301. The van der Waals surface area contributed by atoms with Crippen molar-refractivity contribution in [3.8, 4) is 0 Å². The number of benzene rings is 3. The summed E-state index contributed by atoms with van der Waals surface area (Å²) in [5.41, 5.74) is 1.22. The molecule has 0 aromatic heterocycles. The van der Waals surface area contributed by atoms with Crippen molar-refractivity contribution >= 4 is 18.6 Å². The van der Waals surface area contributed by atoms with Crippen LogP contribution in [0, 0.1) is 0 Å². The maximum absolute atomic E-state index is 6.30. The van der Waals surface area contributed by atoms with E-state index in [0.29, 0.717) is 0 Å². The van der Waals surface area contributed by atoms with Gasteiger partial charge < -0.3 is 0 Å². The number of hydrogen-bond donors (Lipinski definition) is 0. The van der Waals surface area contributed by atoms with Crippen LogP contribution in [0.15, 0.2) is 91.0 Å². The molecule has 2 atom stereocenters. The van der Waals surface area contributed by atoms with Crippen molar-refractivity contribution in [2.45, 2.75) is 32.0 Å². The molecule has 0 bridgehead atoms. The van der Waals surface area contributed by atoms with E-state index in [-0.39, 0.29) is 11.3 Å². The van der Waals surface area contributed by atoms with Gasteiger partial charge in [0.25, 0.3) is 0 Å². The van der Waals surface area contributed by atoms with Crippen LogP contribution in [0.2, 0.25) is 5.04 Å². The molecule has 1 saturated heterocycles. The van der Waals surface area contributed by atoms with Gasteiger partial charge in [-0.2, -0.15) is 4.73 Å². The molecular weight excluding hydrogens is 334 g/mol. The lowest BCUT2D eigenvalue weighted by molar-refractivity contribution is 0.275. The van der Waals surface area contributed by atoms with E-state index >= 15 is 0 Å². The highest BCUT2D eigenvalue weighted by Gasteiger charge is 2.62. The molecule has 0 N–H and O–H groups in total. The minimum Gasteiger partial charge on any atom is -0.277 e. The predicted molar refractivity (Wildman–Crippen MR) is 110 cm³/mol. The van der Waals surface area contributed by atoms with Crippen LogP contribution in [-0.2, 0) is 4.84 Å². The molecule has 0 aliphatic carbocycles. The van der Waals surface area contributed by atoms with E-state index in [1.165, 1.54) is 15.9 Å². The zero-order chi connectivity index (χ0) is 18.2. The zero-order valence-corrected chi connectivity index (χ0v) is 16.6. The molecule has 2 nitrogen and oxygen atoms in total. The van der Waals surface area contributed by atoms with Crippen LogP contribution in [0.4, 0.5) is 0 Å². The van der Waals surface area contributed by atoms with Crippen LogP contribution in [0.25, 0.3) is 0 Å². The van der Waals surface area contributed by atoms with E-state index in [0.717, 1.165) is 0 Å². The first-order chi connectivity index (χ1) is 12.5. The van der Waals surface area contributed by atoms with Crippen LogP contribution in [0.5, 0.6) is 0 Å². The van der Waals surface area contributed by atoms with E-state index < -0.39 is 8.24 Å². The molecule has 0 spiro atoms. The second kappa shape index (κ2) is 6.51. The summed E-state index contributed by atoms with van der Waals surface area (Å²) in [7, 11) is -2.35. The molecule has 3 aromatic rings. The Kier molecular flexibility index (Phi) is 4.31. The lowest BCUT2D eigenvalue weighted by Crippen LogP contribution is -2.70. The van der Waals surface area contributed by atoms with Crippen molar-refractivity contribution < 1.29 is 4.84 Å². The Balaban J connectivity index is 1.90. The Labute approximate surface area is 157 Å². The lowest BCUT2D eigenvalue weighted by atomic mass is 10.2. The summed E-state index contributed by atoms with van der Waals surface area (Å²) in [5.74, 6) is 0. The Morgan fingerprint density at radius 1 is 0.692 bits per heavy atom. The first-order valence-electron chi connectivity index (χ1n) is 9.17. The molecule has 1 aliphatic rings. The average Bonchev–Trinajstić information content (AvgIpc) is 3.45. The predicted octanol–water partition coefficient (Wildman–Crippen LogP) is 4.49. The fourth-order valence-corrected chi connectivity index (χ4v) is 9.47. The minimum atomic E-state index is -2.35. The summed E-state index contributed by atoms with van der Waals surface area (Å²) < 4.78 is 2.31. The Morgan fingerprint density at radius 2 is 1.12 bits per heavy atom. The molecule has 132 valence electrons. The highest BCUT2D eigenvalue weighted by molar-refractivity contribution is 7.02. The molecule has 26 heavy (non-hydrogen) atoms. The standard InChI is InChI=1S/C23H25NOSi/c1-23(2,3)26(20-15-9-5-10-16-20,21-17-11-6-12-18-21)24-22(25-24)19-13-7-4-8-14-19/h4-18,22H,1-3H3. The molecule has 0 saturated carbocycles. The topological polar surface area (TPSA) is 15.5 Å². The van der Waals surface area contributed by atoms with Crippen molar-refractivity contribution in [1.29, 1.82) is 0 Å². The Hall–Kier alpha value is -2.20. The van der Waals surface area contributed by atoms with Crippen LogP contribution in [0.1, 0.15) is 32.6 Å². The SMILES string of the molecule is CC(C)(C)[Si](c1ccccc1)(c1ccccc1)N1OC1c1ccccc1. The van der Waals surface area contributed by atoms with Gasteiger partial charge in [-0.05, 0) is 21.0 Å². The van der Waals surface area contributed by atoms with Crippen molar-refractivity contribution in [2.75, 3.05) is 0 Å². The van der Waals surface area contributed by atoms with Crippen molar-refractivity contribution in [2.24, 2.45) is 0 Å². The third-order valence-corrected chi connectivity index (χ3v) is 10.8. The molecule has 0 radical (unpaired) electrons. The van der Waals surface area contributed by atoms with Crippen LogP contribution >= 0.6 is 0 Å². The summed E-state index contributed by atoms with van der Waals surface area (Å²) in [6.45, 7) is 7.05. The average molecular weight is 360 g/mol. The number of nitrogens with zero attached hydrogens (tertiary/aromatic N) is 1. The van der Waals surface area contributed by atoms with Gasteiger partial charge in [0.2, 0.25) is 8.24 Å². The molecule has 1 aliphatic heterocycles. The summed E-state index contributed by atoms with van der Waals surface area (Å²) in [6, 6.07) is 32.4. The fourth-order valence-electron chi connectivity index (χ4n) is 4.13. The van der Waals surface area contributed by atoms with Gasteiger partial charge in [0.05, 0.1) is 0 Å². The maximum atomic E-state index is 6.30. The van der Waals surface area contributed by atoms with Crippen molar-refractivity contribution in [1.82, 2.24) is 4.73 Å². The normalized spacial score (nSPS) is 20.0. The smallest absolute Gasteiger partial charge is 0.231 e. The Morgan fingerprint density at radius 3 is 1.54 bits per heavy atom. The third-order valence-electron chi connectivity index (χ3n) is 5.26. The molecule has 3 aromatic carbocycles. The first-order valence-corrected chi connectivity index (χ1v) is 11.1. The second-order valence-electron chi connectivity index (χ2n) is 7.89. The van der Waals surface area contributed by atoms with Gasteiger partial charge in [0.1, 0.15) is 0 Å². The molecule has 2 unspecified atom stereocenters. The van der Waals surface area contributed by atoms with Gasteiger partial charge in [0.15, 0.2) is 6.23 Å². The quantitative estimate of drug-likeness (QED) is 0.504. The van der Waals surface area contributed by atoms with Crippen molar-refractivity contribution in [3.05, 3.63) is 96.6 Å². The molecule has 4 rings (SSSR count). The fraction of sp³-hybridized carbons (Fsp3) is 0.217. The summed E-state index contributed by atoms with van der Waals surface area (Å²) in [5, 5.41) is 2.83. The van der Waals surface area contributed by atoms with Crippen molar-refractivity contribution in [3.63, 3.8) is 0 Å². The highest BCUT2D eigenvalue weighted by Crippen LogP contribution is 2.50. The van der Waals surface area contributed by atoms with Crippen LogP contribution < -0.4 is 10.4 Å². The van der Waals surface area contributed by atoms with Gasteiger partial charge in [-0.3, -0.25) is 4.84 Å². The highest BCUT2D eigenvalue weighted by atomic mass is 28.3. The van der Waals surface area contributed by atoms with E-state index in [1.54, 1.807) is 0 Å². The molecule has 3 heteroatoms. The molecule has 0 amide bonds.